The second kappa shape index (κ2) is 5.98. The molecule has 0 aromatic heterocycles. The molecular formula is C12H16N2O3. The molecule has 0 aliphatic heterocycles. The van der Waals surface area contributed by atoms with Crippen LogP contribution in [0.15, 0.2) is 18.2 Å². The van der Waals surface area contributed by atoms with Gasteiger partial charge in [0.2, 0.25) is 5.91 Å². The number of hydrogen-bond donors (Lipinski definition) is 1. The first kappa shape index (κ1) is 13.2. The van der Waals surface area contributed by atoms with Crippen molar-refractivity contribution in [2.75, 3.05) is 0 Å². The number of nitro groups is 1. The molecule has 1 amide bonds. The van der Waals surface area contributed by atoms with E-state index >= 15 is 0 Å². The quantitative estimate of drug-likeness (QED) is 0.466. The molecule has 5 heteroatoms. The Kier molecular flexibility index (Phi) is 4.63. The number of aryl methyl sites for hydroxylation is 2. The third-order valence-corrected chi connectivity index (χ3v) is 2.66. The number of nitrogens with two attached hydrogens (primary N) is 1. The molecule has 1 aromatic carbocycles. The monoisotopic (exact) mass is 236 g/mol. The molecule has 1 rings (SSSR count). The summed E-state index contributed by atoms with van der Waals surface area (Å²) in [6.45, 7) is 1.92. The Hall–Kier alpha value is -1.91. The molecule has 92 valence electrons. The van der Waals surface area contributed by atoms with Crippen molar-refractivity contribution in [3.05, 3.63) is 39.4 Å². The lowest BCUT2D eigenvalue weighted by molar-refractivity contribution is -0.384. The van der Waals surface area contributed by atoms with Crippen LogP contribution in [0, 0.1) is 17.0 Å². The van der Waals surface area contributed by atoms with Gasteiger partial charge in [-0.3, -0.25) is 14.9 Å². The third kappa shape index (κ3) is 4.22. The third-order valence-electron chi connectivity index (χ3n) is 2.66. The number of nitro benzene ring substituents is 1. The first-order valence-corrected chi connectivity index (χ1v) is 5.53. The average Bonchev–Trinajstić information content (AvgIpc) is 2.25. The number of hydrogen-bond acceptors (Lipinski definition) is 3. The fraction of sp³-hybridized carbons (Fsp3) is 0.417. The predicted molar refractivity (Wildman–Crippen MR) is 64.6 cm³/mol. The minimum Gasteiger partial charge on any atom is -0.370 e. The molecule has 17 heavy (non-hydrogen) atoms. The smallest absolute Gasteiger partial charge is 0.269 e. The topological polar surface area (TPSA) is 86.2 Å². The molecule has 0 spiro atoms. The first-order chi connectivity index (χ1) is 8.00. The molecule has 0 unspecified atom stereocenters. The zero-order valence-electron chi connectivity index (χ0n) is 9.81. The number of unbranched alkanes of at least 4 members (excludes halogenated alkanes) is 1. The summed E-state index contributed by atoms with van der Waals surface area (Å²) >= 11 is 0. The van der Waals surface area contributed by atoms with E-state index in [1.165, 1.54) is 6.07 Å². The van der Waals surface area contributed by atoms with Crippen LogP contribution >= 0.6 is 0 Å². The average molecular weight is 236 g/mol. The van der Waals surface area contributed by atoms with Crippen LogP contribution in [0.4, 0.5) is 5.69 Å². The molecule has 0 aliphatic carbocycles. The lowest BCUT2D eigenvalue weighted by atomic mass is 10.0. The molecule has 5 nitrogen and oxygen atoms in total. The molecule has 0 aliphatic rings. The predicted octanol–water partition coefficient (Wildman–Crippen LogP) is 2.10. The summed E-state index contributed by atoms with van der Waals surface area (Å²) in [6.07, 6.45) is 2.64. The Morgan fingerprint density at radius 1 is 1.41 bits per heavy atom. The van der Waals surface area contributed by atoms with Gasteiger partial charge in [0.25, 0.3) is 5.69 Å². The number of benzene rings is 1. The van der Waals surface area contributed by atoms with E-state index in [1.807, 2.05) is 6.92 Å². The number of amides is 1. The van der Waals surface area contributed by atoms with E-state index in [-0.39, 0.29) is 11.6 Å². The van der Waals surface area contributed by atoms with Gasteiger partial charge in [0.05, 0.1) is 4.92 Å². The fourth-order valence-corrected chi connectivity index (χ4v) is 1.66. The van der Waals surface area contributed by atoms with Crippen molar-refractivity contribution in [2.45, 2.75) is 32.6 Å². The van der Waals surface area contributed by atoms with Crippen molar-refractivity contribution in [3.8, 4) is 0 Å². The highest BCUT2D eigenvalue weighted by Gasteiger charge is 2.08. The van der Waals surface area contributed by atoms with Crippen molar-refractivity contribution in [3.63, 3.8) is 0 Å². The van der Waals surface area contributed by atoms with Crippen molar-refractivity contribution in [1.29, 1.82) is 0 Å². The highest BCUT2D eigenvalue weighted by atomic mass is 16.6. The zero-order chi connectivity index (χ0) is 12.8. The van der Waals surface area contributed by atoms with Crippen LogP contribution in [0.3, 0.4) is 0 Å². The van der Waals surface area contributed by atoms with Crippen LogP contribution in [0.5, 0.6) is 0 Å². The van der Waals surface area contributed by atoms with Gasteiger partial charge in [0.15, 0.2) is 0 Å². The summed E-state index contributed by atoms with van der Waals surface area (Å²) in [7, 11) is 0. The molecule has 0 bridgehead atoms. The second-order valence-electron chi connectivity index (χ2n) is 4.04. The molecular weight excluding hydrogens is 220 g/mol. The highest BCUT2D eigenvalue weighted by Crippen LogP contribution is 2.19. The lowest BCUT2D eigenvalue weighted by Crippen LogP contribution is -2.09. The Bertz CT molecular complexity index is 430. The van der Waals surface area contributed by atoms with Crippen molar-refractivity contribution in [2.24, 2.45) is 5.73 Å². The number of nitrogens with zero attached hydrogens (tertiary/aromatic N) is 1. The SMILES string of the molecule is Cc1ccc([N+](=O)[O-])cc1CCCCC(N)=O. The number of primary amides is 1. The van der Waals surface area contributed by atoms with Gasteiger partial charge in [-0.15, -0.1) is 0 Å². The van der Waals surface area contributed by atoms with Crippen LogP contribution in [-0.2, 0) is 11.2 Å². The lowest BCUT2D eigenvalue weighted by Gasteiger charge is -2.05. The van der Waals surface area contributed by atoms with Gasteiger partial charge in [-0.25, -0.2) is 0 Å². The van der Waals surface area contributed by atoms with Gasteiger partial charge in [0.1, 0.15) is 0 Å². The Morgan fingerprint density at radius 2 is 2.12 bits per heavy atom. The summed E-state index contributed by atoms with van der Waals surface area (Å²) in [5.41, 5.74) is 7.15. The maximum absolute atomic E-state index is 10.6. The van der Waals surface area contributed by atoms with Crippen LogP contribution in [0.1, 0.15) is 30.4 Å². The largest absolute Gasteiger partial charge is 0.370 e. The van der Waals surface area contributed by atoms with Gasteiger partial charge in [-0.05, 0) is 37.3 Å². The van der Waals surface area contributed by atoms with E-state index in [2.05, 4.69) is 0 Å². The van der Waals surface area contributed by atoms with Crippen LogP contribution in [0.25, 0.3) is 0 Å². The molecule has 1 aromatic rings. The molecule has 0 heterocycles. The van der Waals surface area contributed by atoms with E-state index in [4.69, 9.17) is 5.73 Å². The molecule has 0 atom stereocenters. The van der Waals surface area contributed by atoms with Gasteiger partial charge < -0.3 is 5.73 Å². The van der Waals surface area contributed by atoms with Crippen molar-refractivity contribution in [1.82, 2.24) is 0 Å². The zero-order valence-corrected chi connectivity index (χ0v) is 9.81. The van der Waals surface area contributed by atoms with Crippen LogP contribution < -0.4 is 5.73 Å². The number of non-ortho nitro benzene ring substituents is 1. The van der Waals surface area contributed by atoms with E-state index in [9.17, 15) is 14.9 Å². The summed E-state index contributed by atoms with van der Waals surface area (Å²) in [5, 5.41) is 10.6. The maximum Gasteiger partial charge on any atom is 0.269 e. The second-order valence-corrected chi connectivity index (χ2v) is 4.04. The Labute approximate surface area is 99.8 Å². The summed E-state index contributed by atoms with van der Waals surface area (Å²) < 4.78 is 0. The molecule has 2 N–H and O–H groups in total. The highest BCUT2D eigenvalue weighted by molar-refractivity contribution is 5.73. The van der Waals surface area contributed by atoms with Gasteiger partial charge in [0, 0.05) is 18.6 Å². The normalized spacial score (nSPS) is 10.2. The van der Waals surface area contributed by atoms with Crippen LogP contribution in [-0.4, -0.2) is 10.8 Å². The van der Waals surface area contributed by atoms with E-state index < -0.39 is 4.92 Å². The number of carbonyl (C=O) groups is 1. The Balaban J connectivity index is 2.60. The molecule has 0 saturated heterocycles. The number of rotatable bonds is 6. The standard InChI is InChI=1S/C12H16N2O3/c1-9-6-7-11(14(16)17)8-10(9)4-2-3-5-12(13)15/h6-8H,2-5H2,1H3,(H2,13,15). The minimum atomic E-state index is -0.396. The van der Waals surface area contributed by atoms with Crippen molar-refractivity contribution < 1.29 is 9.72 Å². The summed E-state index contributed by atoms with van der Waals surface area (Å²) in [6, 6.07) is 4.85. The minimum absolute atomic E-state index is 0.112. The van der Waals surface area contributed by atoms with Gasteiger partial charge >= 0.3 is 0 Å². The van der Waals surface area contributed by atoms with Crippen molar-refractivity contribution >= 4 is 11.6 Å². The summed E-state index contributed by atoms with van der Waals surface area (Å²) in [5.74, 6) is -0.305. The van der Waals surface area contributed by atoms with Gasteiger partial charge in [-0.1, -0.05) is 6.07 Å². The molecule has 0 radical (unpaired) electrons. The summed E-state index contributed by atoms with van der Waals surface area (Å²) in [4.78, 5) is 20.8. The maximum atomic E-state index is 10.6. The van der Waals surface area contributed by atoms with E-state index in [1.54, 1.807) is 12.1 Å². The number of carbonyl (C=O) groups excluding carboxylic acids is 1. The molecule has 0 fully saturated rings. The van der Waals surface area contributed by atoms with Gasteiger partial charge in [-0.2, -0.15) is 0 Å². The van der Waals surface area contributed by atoms with E-state index in [0.29, 0.717) is 6.42 Å². The Morgan fingerprint density at radius 3 is 2.71 bits per heavy atom. The van der Waals surface area contributed by atoms with Crippen LogP contribution in [0.2, 0.25) is 0 Å². The molecule has 0 saturated carbocycles. The fourth-order valence-electron chi connectivity index (χ4n) is 1.66. The first-order valence-electron chi connectivity index (χ1n) is 5.53. The van der Waals surface area contributed by atoms with E-state index in [0.717, 1.165) is 30.4 Å².